The smallest absolute Gasteiger partial charge is 0.337 e. The zero-order valence-corrected chi connectivity index (χ0v) is 19.6. The Hall–Kier alpha value is -3.49. The highest BCUT2D eigenvalue weighted by Crippen LogP contribution is 2.35. The van der Waals surface area contributed by atoms with Gasteiger partial charge in [-0.2, -0.15) is 0 Å². The third kappa shape index (κ3) is 4.22. The molecule has 0 aliphatic carbocycles. The molecule has 0 bridgehead atoms. The van der Waals surface area contributed by atoms with Crippen molar-refractivity contribution in [2.75, 3.05) is 23.3 Å². The number of aromatic carboxylic acids is 1. The number of hydrogen-bond acceptors (Lipinski definition) is 5. The number of para-hydroxylation sites is 1. The number of aryl methyl sites for hydroxylation is 1. The standard InChI is InChI=1S/C25H28F2N4O3/c1-14-11-19(17(4)28-20-8-6-5-7-18(20)24(33)34)22-29-21(16(3)23(32)31(22)12-14)30-10-9-15(2)25(26,27)13-30/h5-8,11-12,15,17,28H,9-10,13H2,1-4H3,(H,33,34)/t15-,17-/m1/s1. The summed E-state index contributed by atoms with van der Waals surface area (Å²) in [6.07, 6.45) is 1.98. The van der Waals surface area contributed by atoms with Gasteiger partial charge in [0, 0.05) is 29.9 Å². The van der Waals surface area contributed by atoms with Gasteiger partial charge in [-0.3, -0.25) is 9.20 Å². The van der Waals surface area contributed by atoms with Crippen LogP contribution in [0.4, 0.5) is 20.3 Å². The molecule has 2 atom stereocenters. The summed E-state index contributed by atoms with van der Waals surface area (Å²) in [5.74, 6) is -4.40. The van der Waals surface area contributed by atoms with E-state index in [1.54, 1.807) is 31.3 Å². The Morgan fingerprint density at radius 1 is 1.29 bits per heavy atom. The van der Waals surface area contributed by atoms with Crippen molar-refractivity contribution >= 4 is 23.1 Å². The fraction of sp³-hybridized carbons (Fsp3) is 0.400. The number of piperidine rings is 1. The fourth-order valence-electron chi connectivity index (χ4n) is 4.45. The molecule has 0 saturated carbocycles. The van der Waals surface area contributed by atoms with Crippen LogP contribution in [0.3, 0.4) is 0 Å². The molecule has 9 heteroatoms. The van der Waals surface area contributed by atoms with Gasteiger partial charge in [-0.15, -0.1) is 0 Å². The highest BCUT2D eigenvalue weighted by atomic mass is 19.3. The van der Waals surface area contributed by atoms with E-state index in [1.807, 2.05) is 19.9 Å². The lowest BCUT2D eigenvalue weighted by molar-refractivity contribution is -0.0573. The van der Waals surface area contributed by atoms with Gasteiger partial charge in [0.2, 0.25) is 0 Å². The largest absolute Gasteiger partial charge is 0.478 e. The number of alkyl halides is 2. The summed E-state index contributed by atoms with van der Waals surface area (Å²) in [6, 6.07) is 8.01. The van der Waals surface area contributed by atoms with Gasteiger partial charge in [-0.25, -0.2) is 18.6 Å². The van der Waals surface area contributed by atoms with Crippen molar-refractivity contribution in [1.29, 1.82) is 0 Å². The molecule has 34 heavy (non-hydrogen) atoms. The third-order valence-corrected chi connectivity index (χ3v) is 6.54. The number of fused-ring (bicyclic) bond motifs is 1. The van der Waals surface area contributed by atoms with Gasteiger partial charge in [0.15, 0.2) is 0 Å². The summed E-state index contributed by atoms with van der Waals surface area (Å²) in [4.78, 5) is 31.1. The summed E-state index contributed by atoms with van der Waals surface area (Å²) in [5, 5.41) is 12.7. The van der Waals surface area contributed by atoms with Crippen molar-refractivity contribution in [3.05, 3.63) is 69.1 Å². The normalized spacial score (nSPS) is 18.6. The minimum absolute atomic E-state index is 0.123. The van der Waals surface area contributed by atoms with Gasteiger partial charge in [0.1, 0.15) is 11.5 Å². The van der Waals surface area contributed by atoms with Gasteiger partial charge in [0.05, 0.1) is 23.7 Å². The number of aromatic nitrogens is 2. The van der Waals surface area contributed by atoms with Crippen molar-refractivity contribution in [2.45, 2.75) is 46.1 Å². The number of carbonyl (C=O) groups is 1. The third-order valence-electron chi connectivity index (χ3n) is 6.54. The van der Waals surface area contributed by atoms with Crippen LogP contribution < -0.4 is 15.8 Å². The Kier molecular flexibility index (Phi) is 6.05. The zero-order chi connectivity index (χ0) is 24.8. The van der Waals surface area contributed by atoms with E-state index in [1.165, 1.54) is 22.3 Å². The maximum atomic E-state index is 14.5. The van der Waals surface area contributed by atoms with E-state index in [0.29, 0.717) is 35.4 Å². The Bertz CT molecular complexity index is 1320. The second-order valence-electron chi connectivity index (χ2n) is 9.12. The molecule has 2 N–H and O–H groups in total. The second kappa shape index (κ2) is 8.70. The maximum absolute atomic E-state index is 14.5. The number of benzene rings is 1. The number of nitrogens with zero attached hydrogens (tertiary/aromatic N) is 3. The average Bonchev–Trinajstić information content (AvgIpc) is 2.78. The Morgan fingerprint density at radius 2 is 2.00 bits per heavy atom. The molecule has 0 spiro atoms. The van der Waals surface area contributed by atoms with E-state index in [0.717, 1.165) is 5.56 Å². The lowest BCUT2D eigenvalue weighted by Gasteiger charge is -2.38. The summed E-state index contributed by atoms with van der Waals surface area (Å²) in [7, 11) is 0. The highest BCUT2D eigenvalue weighted by molar-refractivity contribution is 5.94. The quantitative estimate of drug-likeness (QED) is 0.564. The van der Waals surface area contributed by atoms with Gasteiger partial charge < -0.3 is 15.3 Å². The number of carboxylic acids is 1. The fourth-order valence-corrected chi connectivity index (χ4v) is 4.45. The Balaban J connectivity index is 1.82. The van der Waals surface area contributed by atoms with Crippen molar-refractivity contribution in [3.63, 3.8) is 0 Å². The molecule has 0 unspecified atom stereocenters. The summed E-state index contributed by atoms with van der Waals surface area (Å²) < 4.78 is 30.4. The van der Waals surface area contributed by atoms with Crippen molar-refractivity contribution < 1.29 is 18.7 Å². The van der Waals surface area contributed by atoms with Crippen LogP contribution in [0.5, 0.6) is 0 Å². The van der Waals surface area contributed by atoms with Crippen LogP contribution in [0.2, 0.25) is 0 Å². The van der Waals surface area contributed by atoms with Crippen LogP contribution in [0, 0.1) is 19.8 Å². The monoisotopic (exact) mass is 470 g/mol. The number of hydrogen-bond donors (Lipinski definition) is 2. The van der Waals surface area contributed by atoms with Gasteiger partial charge in [-0.05, 0) is 51.0 Å². The molecule has 1 aromatic carbocycles. The van der Waals surface area contributed by atoms with E-state index in [-0.39, 0.29) is 16.9 Å². The molecular weight excluding hydrogens is 442 g/mol. The predicted molar refractivity (Wildman–Crippen MR) is 127 cm³/mol. The number of pyridine rings is 1. The van der Waals surface area contributed by atoms with Crippen molar-refractivity contribution in [1.82, 2.24) is 9.38 Å². The minimum atomic E-state index is -2.87. The number of halogens is 2. The van der Waals surface area contributed by atoms with Crippen LogP contribution in [0.1, 0.15) is 53.4 Å². The van der Waals surface area contributed by atoms with Crippen LogP contribution in [0.25, 0.3) is 5.65 Å². The molecule has 3 aromatic rings. The summed E-state index contributed by atoms with van der Waals surface area (Å²) >= 11 is 0. The topological polar surface area (TPSA) is 86.9 Å². The van der Waals surface area contributed by atoms with Crippen molar-refractivity contribution in [3.8, 4) is 0 Å². The minimum Gasteiger partial charge on any atom is -0.478 e. The summed E-state index contributed by atoms with van der Waals surface area (Å²) in [5.41, 5.74) is 2.39. The second-order valence-corrected chi connectivity index (χ2v) is 9.12. The van der Waals surface area contributed by atoms with Crippen LogP contribution in [0.15, 0.2) is 41.3 Å². The van der Waals surface area contributed by atoms with E-state index >= 15 is 0 Å². The first-order chi connectivity index (χ1) is 16.0. The van der Waals surface area contributed by atoms with Gasteiger partial charge in [0.25, 0.3) is 11.5 Å². The van der Waals surface area contributed by atoms with Gasteiger partial charge in [-0.1, -0.05) is 19.1 Å². The molecule has 1 aliphatic heterocycles. The van der Waals surface area contributed by atoms with Crippen LogP contribution in [-0.2, 0) is 0 Å². The molecule has 0 radical (unpaired) electrons. The zero-order valence-electron chi connectivity index (χ0n) is 19.6. The van der Waals surface area contributed by atoms with E-state index < -0.39 is 30.4 Å². The average molecular weight is 471 g/mol. The number of carboxylic acid groups (broad SMARTS) is 1. The summed E-state index contributed by atoms with van der Waals surface area (Å²) in [6.45, 7) is 6.74. The number of anilines is 2. The number of nitrogens with one attached hydrogen (secondary N) is 1. The number of rotatable bonds is 5. The van der Waals surface area contributed by atoms with Gasteiger partial charge >= 0.3 is 5.97 Å². The lowest BCUT2D eigenvalue weighted by atomic mass is 9.95. The first-order valence-electron chi connectivity index (χ1n) is 11.2. The first-order valence-corrected chi connectivity index (χ1v) is 11.2. The molecule has 4 rings (SSSR count). The molecule has 1 saturated heterocycles. The molecule has 2 aromatic heterocycles. The Labute approximate surface area is 196 Å². The SMILES string of the molecule is Cc1cc([C@@H](C)Nc2ccccc2C(=O)O)c2nc(N3CC[C@@H](C)C(F)(F)C3)c(C)c(=O)n2c1. The molecule has 180 valence electrons. The molecule has 7 nitrogen and oxygen atoms in total. The lowest BCUT2D eigenvalue weighted by Crippen LogP contribution is -2.48. The molecule has 3 heterocycles. The first kappa shape index (κ1) is 23.7. The van der Waals surface area contributed by atoms with Crippen LogP contribution in [-0.4, -0.2) is 39.5 Å². The maximum Gasteiger partial charge on any atom is 0.337 e. The van der Waals surface area contributed by atoms with Crippen molar-refractivity contribution in [2.24, 2.45) is 5.92 Å². The van der Waals surface area contributed by atoms with E-state index in [4.69, 9.17) is 4.98 Å². The molecular formula is C25H28F2N4O3. The highest BCUT2D eigenvalue weighted by Gasteiger charge is 2.42. The van der Waals surface area contributed by atoms with E-state index in [2.05, 4.69) is 5.32 Å². The predicted octanol–water partition coefficient (Wildman–Crippen LogP) is 4.66. The Morgan fingerprint density at radius 3 is 2.68 bits per heavy atom. The molecule has 0 amide bonds. The molecule has 1 aliphatic rings. The van der Waals surface area contributed by atoms with E-state index in [9.17, 15) is 23.5 Å². The van der Waals surface area contributed by atoms with Crippen LogP contribution >= 0.6 is 0 Å². The molecule has 1 fully saturated rings.